The molecule has 0 aliphatic carbocycles. The number of carbonyl (C=O) groups is 2. The van der Waals surface area contributed by atoms with Crippen LogP contribution in [0.1, 0.15) is 18.6 Å². The zero-order chi connectivity index (χ0) is 12.8. The van der Waals surface area contributed by atoms with Crippen molar-refractivity contribution in [3.8, 4) is 5.75 Å². The van der Waals surface area contributed by atoms with E-state index < -0.39 is 18.0 Å². The Balaban J connectivity index is 2.95. The van der Waals surface area contributed by atoms with Gasteiger partial charge in [-0.15, -0.1) is 0 Å². The van der Waals surface area contributed by atoms with Gasteiger partial charge in [0.05, 0.1) is 14.2 Å². The second kappa shape index (κ2) is 5.89. The predicted molar refractivity (Wildman–Crippen MR) is 59.5 cm³/mol. The van der Waals surface area contributed by atoms with E-state index in [9.17, 15) is 9.59 Å². The lowest BCUT2D eigenvalue weighted by molar-refractivity contribution is -0.165. The van der Waals surface area contributed by atoms with Crippen molar-refractivity contribution in [3.05, 3.63) is 29.8 Å². The Bertz CT molecular complexity index is 396. The molecule has 0 radical (unpaired) electrons. The van der Waals surface area contributed by atoms with Crippen LogP contribution < -0.4 is 4.74 Å². The van der Waals surface area contributed by atoms with Gasteiger partial charge in [-0.2, -0.15) is 0 Å². The van der Waals surface area contributed by atoms with Crippen molar-refractivity contribution in [2.45, 2.75) is 13.0 Å². The SMILES string of the molecule is COC(=O)[C@H](OC(C)=O)c1ccc(OC)cc1. The highest BCUT2D eigenvalue weighted by atomic mass is 16.6. The summed E-state index contributed by atoms with van der Waals surface area (Å²) >= 11 is 0. The maximum atomic E-state index is 11.5. The van der Waals surface area contributed by atoms with Crippen LogP contribution in [0, 0.1) is 0 Å². The van der Waals surface area contributed by atoms with Crippen LogP contribution in [0.25, 0.3) is 0 Å². The van der Waals surface area contributed by atoms with Gasteiger partial charge in [0, 0.05) is 12.5 Å². The fourth-order valence-electron chi connectivity index (χ4n) is 1.30. The number of methoxy groups -OCH3 is 2. The summed E-state index contributed by atoms with van der Waals surface area (Å²) in [7, 11) is 2.78. The van der Waals surface area contributed by atoms with Crippen LogP contribution in [0.15, 0.2) is 24.3 Å². The summed E-state index contributed by atoms with van der Waals surface area (Å²) < 4.78 is 14.5. The van der Waals surface area contributed by atoms with E-state index in [4.69, 9.17) is 9.47 Å². The van der Waals surface area contributed by atoms with Crippen molar-refractivity contribution < 1.29 is 23.8 Å². The molecular formula is C12H14O5. The average molecular weight is 238 g/mol. The molecule has 0 bridgehead atoms. The molecule has 0 fully saturated rings. The van der Waals surface area contributed by atoms with Crippen LogP contribution in [-0.2, 0) is 19.1 Å². The number of hydrogen-bond donors (Lipinski definition) is 0. The van der Waals surface area contributed by atoms with E-state index in [1.54, 1.807) is 31.4 Å². The fraction of sp³-hybridized carbons (Fsp3) is 0.333. The molecule has 0 aliphatic heterocycles. The summed E-state index contributed by atoms with van der Waals surface area (Å²) in [5, 5.41) is 0. The van der Waals surface area contributed by atoms with Crippen molar-refractivity contribution in [1.82, 2.24) is 0 Å². The predicted octanol–water partition coefficient (Wildman–Crippen LogP) is 1.47. The highest BCUT2D eigenvalue weighted by Gasteiger charge is 2.24. The van der Waals surface area contributed by atoms with Crippen LogP contribution in [0.2, 0.25) is 0 Å². The molecule has 17 heavy (non-hydrogen) atoms. The topological polar surface area (TPSA) is 61.8 Å². The number of rotatable bonds is 4. The summed E-state index contributed by atoms with van der Waals surface area (Å²) in [6.45, 7) is 1.24. The zero-order valence-electron chi connectivity index (χ0n) is 9.93. The molecule has 1 aromatic carbocycles. The van der Waals surface area contributed by atoms with Crippen molar-refractivity contribution in [2.75, 3.05) is 14.2 Å². The first-order valence-corrected chi connectivity index (χ1v) is 4.97. The number of ether oxygens (including phenoxy) is 3. The van der Waals surface area contributed by atoms with Crippen LogP contribution in [-0.4, -0.2) is 26.2 Å². The third kappa shape index (κ3) is 3.48. The quantitative estimate of drug-likeness (QED) is 0.743. The Morgan fingerprint density at radius 3 is 2.12 bits per heavy atom. The molecule has 0 aliphatic rings. The normalized spacial score (nSPS) is 11.5. The van der Waals surface area contributed by atoms with Crippen molar-refractivity contribution in [2.24, 2.45) is 0 Å². The molecule has 1 atom stereocenters. The molecule has 0 N–H and O–H groups in total. The van der Waals surface area contributed by atoms with Gasteiger partial charge in [-0.25, -0.2) is 4.79 Å². The molecule has 1 aromatic rings. The van der Waals surface area contributed by atoms with Gasteiger partial charge >= 0.3 is 11.9 Å². The lowest BCUT2D eigenvalue weighted by atomic mass is 10.1. The molecule has 1 rings (SSSR count). The largest absolute Gasteiger partial charge is 0.497 e. The zero-order valence-corrected chi connectivity index (χ0v) is 9.93. The minimum atomic E-state index is -1.04. The van der Waals surface area contributed by atoms with Gasteiger partial charge in [-0.05, 0) is 12.1 Å². The minimum absolute atomic E-state index is 0.535. The summed E-state index contributed by atoms with van der Waals surface area (Å²) in [5.74, 6) is -0.512. The summed E-state index contributed by atoms with van der Waals surface area (Å²) in [5.41, 5.74) is 0.535. The maximum Gasteiger partial charge on any atom is 0.351 e. The smallest absolute Gasteiger partial charge is 0.351 e. The van der Waals surface area contributed by atoms with E-state index in [-0.39, 0.29) is 0 Å². The third-order valence-electron chi connectivity index (χ3n) is 2.12. The first-order chi connectivity index (χ1) is 8.08. The number of benzene rings is 1. The molecule has 0 heterocycles. The number of carbonyl (C=O) groups excluding carboxylic acids is 2. The molecule has 0 spiro atoms. The summed E-state index contributed by atoms with van der Waals surface area (Å²) in [6.07, 6.45) is -1.04. The van der Waals surface area contributed by atoms with Gasteiger partial charge in [0.1, 0.15) is 5.75 Å². The van der Waals surface area contributed by atoms with Gasteiger partial charge in [-0.1, -0.05) is 12.1 Å². The average Bonchev–Trinajstić information content (AvgIpc) is 2.35. The Hall–Kier alpha value is -2.04. The van der Waals surface area contributed by atoms with Crippen molar-refractivity contribution in [3.63, 3.8) is 0 Å². The lowest BCUT2D eigenvalue weighted by Crippen LogP contribution is -2.19. The van der Waals surface area contributed by atoms with E-state index in [0.29, 0.717) is 11.3 Å². The molecule has 0 unspecified atom stereocenters. The molecule has 5 nitrogen and oxygen atoms in total. The molecule has 0 saturated carbocycles. The highest BCUT2D eigenvalue weighted by molar-refractivity contribution is 5.80. The third-order valence-corrected chi connectivity index (χ3v) is 2.12. The van der Waals surface area contributed by atoms with Gasteiger partial charge in [0.2, 0.25) is 6.10 Å². The second-order valence-electron chi connectivity index (χ2n) is 3.29. The number of hydrogen-bond acceptors (Lipinski definition) is 5. The summed E-state index contributed by atoms with van der Waals surface area (Å²) in [4.78, 5) is 22.4. The monoisotopic (exact) mass is 238 g/mol. The molecular weight excluding hydrogens is 224 g/mol. The Kier molecular flexibility index (Phi) is 4.51. The lowest BCUT2D eigenvalue weighted by Gasteiger charge is -2.15. The Morgan fingerprint density at radius 2 is 1.71 bits per heavy atom. The fourth-order valence-corrected chi connectivity index (χ4v) is 1.30. The van der Waals surface area contributed by atoms with E-state index in [1.165, 1.54) is 14.0 Å². The first kappa shape index (κ1) is 13.0. The van der Waals surface area contributed by atoms with E-state index in [2.05, 4.69) is 4.74 Å². The standard InChI is InChI=1S/C12H14O5/c1-8(13)17-11(12(14)16-3)9-4-6-10(15-2)7-5-9/h4-7,11H,1-3H3/t11-/m1/s1. The Labute approximate surface area is 99.3 Å². The van der Waals surface area contributed by atoms with Gasteiger partial charge in [0.15, 0.2) is 0 Å². The molecule has 0 amide bonds. The second-order valence-corrected chi connectivity index (χ2v) is 3.29. The Morgan fingerprint density at radius 1 is 1.12 bits per heavy atom. The summed E-state index contributed by atoms with van der Waals surface area (Å²) in [6, 6.07) is 6.64. The van der Waals surface area contributed by atoms with E-state index >= 15 is 0 Å². The van der Waals surface area contributed by atoms with Gasteiger partial charge in [-0.3, -0.25) is 4.79 Å². The van der Waals surface area contributed by atoms with E-state index in [1.807, 2.05) is 0 Å². The molecule has 0 aromatic heterocycles. The van der Waals surface area contributed by atoms with Crippen LogP contribution >= 0.6 is 0 Å². The van der Waals surface area contributed by atoms with Gasteiger partial charge < -0.3 is 14.2 Å². The van der Waals surface area contributed by atoms with Crippen molar-refractivity contribution >= 4 is 11.9 Å². The number of esters is 2. The van der Waals surface area contributed by atoms with E-state index in [0.717, 1.165) is 0 Å². The molecule has 92 valence electrons. The minimum Gasteiger partial charge on any atom is -0.497 e. The van der Waals surface area contributed by atoms with Crippen LogP contribution in [0.3, 0.4) is 0 Å². The van der Waals surface area contributed by atoms with Crippen LogP contribution in [0.4, 0.5) is 0 Å². The first-order valence-electron chi connectivity index (χ1n) is 4.97. The molecule has 0 saturated heterocycles. The maximum absolute atomic E-state index is 11.5. The van der Waals surface area contributed by atoms with Crippen LogP contribution in [0.5, 0.6) is 5.75 Å². The molecule has 5 heteroatoms. The highest BCUT2D eigenvalue weighted by Crippen LogP contribution is 2.22. The van der Waals surface area contributed by atoms with Gasteiger partial charge in [0.25, 0.3) is 0 Å². The van der Waals surface area contributed by atoms with Crippen molar-refractivity contribution in [1.29, 1.82) is 0 Å².